The fourth-order valence-electron chi connectivity index (χ4n) is 3.29. The predicted octanol–water partition coefficient (Wildman–Crippen LogP) is 2.29. The van der Waals surface area contributed by atoms with Crippen molar-refractivity contribution < 1.29 is 23.5 Å². The van der Waals surface area contributed by atoms with Gasteiger partial charge >= 0.3 is 6.09 Å². The summed E-state index contributed by atoms with van der Waals surface area (Å²) in [7, 11) is 0. The molecule has 1 aliphatic heterocycles. The van der Waals surface area contributed by atoms with Gasteiger partial charge in [0.25, 0.3) is 5.91 Å². The van der Waals surface area contributed by atoms with E-state index < -0.39 is 28.6 Å². The normalized spacial score (nSPS) is 18.3. The number of hydrogen-bond acceptors (Lipinski definition) is 7. The lowest BCUT2D eigenvalue weighted by molar-refractivity contribution is 0.0285. The molecule has 1 saturated heterocycles. The van der Waals surface area contributed by atoms with Crippen LogP contribution in [0, 0.1) is 0 Å². The third-order valence-electron chi connectivity index (χ3n) is 4.91. The lowest BCUT2D eigenvalue weighted by Gasteiger charge is -2.27. The molecule has 0 spiro atoms. The van der Waals surface area contributed by atoms with Crippen molar-refractivity contribution in [2.24, 2.45) is 5.73 Å². The number of benzene rings is 1. The van der Waals surface area contributed by atoms with Crippen molar-refractivity contribution >= 4 is 12.0 Å². The average molecular weight is 444 g/mol. The average Bonchev–Trinajstić information content (AvgIpc) is 3.13. The summed E-state index contributed by atoms with van der Waals surface area (Å²) in [5.74, 6) is -1.01. The second kappa shape index (κ2) is 9.44. The van der Waals surface area contributed by atoms with Crippen molar-refractivity contribution in [1.82, 2.24) is 10.2 Å². The SMILES string of the molecule is CC(C)(C)OC(=O)N1CCC(N)(CNC(=O)c2occc(=O)c2OCc2ccccc2)C1. The number of carbonyl (C=O) groups is 2. The summed E-state index contributed by atoms with van der Waals surface area (Å²) in [4.78, 5) is 38.8. The summed E-state index contributed by atoms with van der Waals surface area (Å²) < 4.78 is 16.3. The molecule has 3 N–H and O–H groups in total. The van der Waals surface area contributed by atoms with E-state index in [0.29, 0.717) is 13.0 Å². The molecule has 1 unspecified atom stereocenters. The Labute approximate surface area is 186 Å². The van der Waals surface area contributed by atoms with E-state index in [1.807, 2.05) is 30.3 Å². The molecule has 0 saturated carbocycles. The highest BCUT2D eigenvalue weighted by atomic mass is 16.6. The van der Waals surface area contributed by atoms with Crippen molar-refractivity contribution in [3.05, 3.63) is 64.2 Å². The van der Waals surface area contributed by atoms with Gasteiger partial charge in [-0.05, 0) is 32.8 Å². The summed E-state index contributed by atoms with van der Waals surface area (Å²) in [6.07, 6.45) is 1.19. The van der Waals surface area contributed by atoms with Crippen LogP contribution in [-0.4, -0.2) is 47.7 Å². The molecule has 0 aliphatic carbocycles. The number of nitrogens with one attached hydrogen (secondary N) is 1. The van der Waals surface area contributed by atoms with Gasteiger partial charge in [0.1, 0.15) is 12.2 Å². The summed E-state index contributed by atoms with van der Waals surface area (Å²) >= 11 is 0. The molecule has 1 aliphatic rings. The smallest absolute Gasteiger partial charge is 0.410 e. The third kappa shape index (κ3) is 6.10. The van der Waals surface area contributed by atoms with Crippen LogP contribution in [0.5, 0.6) is 5.75 Å². The van der Waals surface area contributed by atoms with Crippen LogP contribution >= 0.6 is 0 Å². The maximum absolute atomic E-state index is 12.7. The van der Waals surface area contributed by atoms with E-state index in [0.717, 1.165) is 11.8 Å². The third-order valence-corrected chi connectivity index (χ3v) is 4.91. The Bertz CT molecular complexity index is 1010. The lowest BCUT2D eigenvalue weighted by atomic mass is 10.0. The van der Waals surface area contributed by atoms with Crippen LogP contribution in [0.3, 0.4) is 0 Å². The monoisotopic (exact) mass is 443 g/mol. The highest BCUT2D eigenvalue weighted by molar-refractivity contribution is 5.93. The minimum Gasteiger partial charge on any atom is -0.481 e. The van der Waals surface area contributed by atoms with Crippen molar-refractivity contribution in [3.8, 4) is 5.75 Å². The van der Waals surface area contributed by atoms with Crippen LogP contribution in [0.15, 0.2) is 51.9 Å². The highest BCUT2D eigenvalue weighted by Gasteiger charge is 2.39. The number of nitrogens with zero attached hydrogens (tertiary/aromatic N) is 1. The standard InChI is InChI=1S/C23H29N3O6/c1-22(2,3)32-21(29)26-11-10-23(24,15-26)14-25-20(28)19-18(17(27)9-12-30-19)31-13-16-7-5-4-6-8-16/h4-9,12H,10-11,13-15,24H2,1-3H3,(H,25,28). The maximum Gasteiger partial charge on any atom is 0.410 e. The Morgan fingerprint density at radius 3 is 2.62 bits per heavy atom. The van der Waals surface area contributed by atoms with Crippen LogP contribution in [0.4, 0.5) is 4.79 Å². The predicted molar refractivity (Wildman–Crippen MR) is 117 cm³/mol. The summed E-state index contributed by atoms with van der Waals surface area (Å²) in [6, 6.07) is 10.5. The van der Waals surface area contributed by atoms with E-state index in [9.17, 15) is 14.4 Å². The van der Waals surface area contributed by atoms with E-state index in [4.69, 9.17) is 19.6 Å². The summed E-state index contributed by atoms with van der Waals surface area (Å²) in [5, 5.41) is 2.70. The first-order valence-corrected chi connectivity index (χ1v) is 10.4. The van der Waals surface area contributed by atoms with Crippen molar-refractivity contribution in [1.29, 1.82) is 0 Å². The van der Waals surface area contributed by atoms with Gasteiger partial charge in [0, 0.05) is 25.7 Å². The number of likely N-dealkylation sites (tertiary alicyclic amines) is 1. The van der Waals surface area contributed by atoms with E-state index in [-0.39, 0.29) is 31.2 Å². The zero-order valence-corrected chi connectivity index (χ0v) is 18.6. The van der Waals surface area contributed by atoms with Crippen LogP contribution in [0.2, 0.25) is 0 Å². The van der Waals surface area contributed by atoms with Crippen LogP contribution in [-0.2, 0) is 11.3 Å². The molecule has 2 aromatic rings. The molecule has 1 aromatic carbocycles. The molecule has 3 rings (SSSR count). The molecule has 2 amide bonds. The molecule has 32 heavy (non-hydrogen) atoms. The van der Waals surface area contributed by atoms with E-state index >= 15 is 0 Å². The second-order valence-electron chi connectivity index (χ2n) is 8.91. The molecule has 1 atom stereocenters. The fourth-order valence-corrected chi connectivity index (χ4v) is 3.29. The Kier molecular flexibility index (Phi) is 6.88. The Hall–Kier alpha value is -3.33. The molecule has 1 fully saturated rings. The number of rotatable bonds is 6. The molecule has 0 radical (unpaired) electrons. The number of hydrogen-bond donors (Lipinski definition) is 2. The van der Waals surface area contributed by atoms with Crippen molar-refractivity contribution in [3.63, 3.8) is 0 Å². The van der Waals surface area contributed by atoms with Crippen LogP contribution in [0.25, 0.3) is 0 Å². The van der Waals surface area contributed by atoms with Gasteiger partial charge in [-0.15, -0.1) is 0 Å². The quantitative estimate of drug-likeness (QED) is 0.702. The van der Waals surface area contributed by atoms with Gasteiger partial charge in [-0.1, -0.05) is 30.3 Å². The Morgan fingerprint density at radius 1 is 1.22 bits per heavy atom. The molecule has 172 valence electrons. The molecule has 0 bridgehead atoms. The number of nitrogens with two attached hydrogens (primary N) is 1. The number of amides is 2. The van der Waals surface area contributed by atoms with Gasteiger partial charge < -0.3 is 29.8 Å². The summed E-state index contributed by atoms with van der Waals surface area (Å²) in [6.45, 7) is 6.24. The Morgan fingerprint density at radius 2 is 1.94 bits per heavy atom. The largest absolute Gasteiger partial charge is 0.481 e. The number of ether oxygens (including phenoxy) is 2. The molecular weight excluding hydrogens is 414 g/mol. The fraction of sp³-hybridized carbons (Fsp3) is 0.435. The first-order valence-electron chi connectivity index (χ1n) is 10.4. The zero-order chi connectivity index (χ0) is 23.4. The van der Waals surface area contributed by atoms with Gasteiger partial charge in [-0.25, -0.2) is 4.79 Å². The van der Waals surface area contributed by atoms with Gasteiger partial charge in [-0.2, -0.15) is 0 Å². The van der Waals surface area contributed by atoms with E-state index in [1.165, 1.54) is 11.0 Å². The van der Waals surface area contributed by atoms with E-state index in [2.05, 4.69) is 5.32 Å². The first kappa shape index (κ1) is 23.3. The topological polar surface area (TPSA) is 124 Å². The minimum absolute atomic E-state index is 0.0852. The molecule has 1 aromatic heterocycles. The number of carbonyl (C=O) groups excluding carboxylic acids is 2. The van der Waals surface area contributed by atoms with Crippen molar-refractivity contribution in [2.45, 2.75) is 44.9 Å². The Balaban J connectivity index is 1.62. The first-order chi connectivity index (χ1) is 15.1. The van der Waals surface area contributed by atoms with Gasteiger partial charge in [-0.3, -0.25) is 9.59 Å². The van der Waals surface area contributed by atoms with E-state index in [1.54, 1.807) is 20.8 Å². The molecular formula is C23H29N3O6. The second-order valence-corrected chi connectivity index (χ2v) is 8.91. The molecule has 9 nitrogen and oxygen atoms in total. The maximum atomic E-state index is 12.7. The molecule has 2 heterocycles. The summed E-state index contributed by atoms with van der Waals surface area (Å²) in [5.41, 5.74) is 5.34. The van der Waals surface area contributed by atoms with Crippen LogP contribution in [0.1, 0.15) is 43.3 Å². The van der Waals surface area contributed by atoms with Crippen LogP contribution < -0.4 is 21.2 Å². The van der Waals surface area contributed by atoms with Crippen molar-refractivity contribution in [2.75, 3.05) is 19.6 Å². The van der Waals surface area contributed by atoms with Gasteiger partial charge in [0.05, 0.1) is 11.8 Å². The molecule has 9 heteroatoms. The highest BCUT2D eigenvalue weighted by Crippen LogP contribution is 2.21. The van der Waals surface area contributed by atoms with Gasteiger partial charge in [0.15, 0.2) is 0 Å². The lowest BCUT2D eigenvalue weighted by Crippen LogP contribution is -2.52. The van der Waals surface area contributed by atoms with Gasteiger partial charge in [0.2, 0.25) is 16.9 Å². The zero-order valence-electron chi connectivity index (χ0n) is 18.6. The minimum atomic E-state index is -0.827.